The number of rotatable bonds is 1. The molecule has 0 aliphatic heterocycles. The first-order valence-corrected chi connectivity index (χ1v) is 5.82. The van der Waals surface area contributed by atoms with Gasteiger partial charge in [-0.15, -0.1) is 0 Å². The quantitative estimate of drug-likeness (QED) is 0.744. The lowest BCUT2D eigenvalue weighted by Crippen LogP contribution is -1.99. The molecule has 90 valence electrons. The Labute approximate surface area is 112 Å². The third-order valence-electron chi connectivity index (χ3n) is 2.54. The Bertz CT molecular complexity index is 737. The SMILES string of the molecule is Nc1ncnc2c1cnn2-c1ccc(Cl)c(Cl)c1. The number of aromatic nitrogens is 4. The molecule has 18 heavy (non-hydrogen) atoms. The van der Waals surface area contributed by atoms with Gasteiger partial charge in [-0.25, -0.2) is 14.6 Å². The van der Waals surface area contributed by atoms with E-state index in [1.54, 1.807) is 29.1 Å². The average molecular weight is 280 g/mol. The molecule has 7 heteroatoms. The van der Waals surface area contributed by atoms with Crippen molar-refractivity contribution in [3.05, 3.63) is 40.8 Å². The highest BCUT2D eigenvalue weighted by Gasteiger charge is 2.10. The van der Waals surface area contributed by atoms with Crippen LogP contribution in [-0.2, 0) is 0 Å². The van der Waals surface area contributed by atoms with E-state index in [4.69, 9.17) is 28.9 Å². The first-order valence-electron chi connectivity index (χ1n) is 5.06. The maximum Gasteiger partial charge on any atom is 0.168 e. The zero-order chi connectivity index (χ0) is 12.7. The second-order valence-corrected chi connectivity index (χ2v) is 4.47. The van der Waals surface area contributed by atoms with Crippen LogP contribution in [-0.4, -0.2) is 19.7 Å². The van der Waals surface area contributed by atoms with Crippen molar-refractivity contribution in [1.82, 2.24) is 19.7 Å². The van der Waals surface area contributed by atoms with Crippen LogP contribution in [0.2, 0.25) is 10.0 Å². The Morgan fingerprint density at radius 1 is 1.11 bits per heavy atom. The molecule has 0 saturated carbocycles. The van der Waals surface area contributed by atoms with Gasteiger partial charge < -0.3 is 5.73 Å². The summed E-state index contributed by atoms with van der Waals surface area (Å²) in [5.74, 6) is 0.395. The molecule has 5 nitrogen and oxygen atoms in total. The highest BCUT2D eigenvalue weighted by Crippen LogP contribution is 2.26. The van der Waals surface area contributed by atoms with Crippen molar-refractivity contribution < 1.29 is 0 Å². The third kappa shape index (κ3) is 1.68. The van der Waals surface area contributed by atoms with Crippen molar-refractivity contribution in [2.24, 2.45) is 0 Å². The van der Waals surface area contributed by atoms with Crippen LogP contribution in [0.5, 0.6) is 0 Å². The first-order chi connectivity index (χ1) is 8.66. The minimum atomic E-state index is 0.395. The van der Waals surface area contributed by atoms with E-state index in [1.807, 2.05) is 0 Å². The van der Waals surface area contributed by atoms with Crippen LogP contribution >= 0.6 is 23.2 Å². The molecule has 1 aromatic carbocycles. The summed E-state index contributed by atoms with van der Waals surface area (Å²) >= 11 is 11.9. The van der Waals surface area contributed by atoms with Crippen molar-refractivity contribution in [1.29, 1.82) is 0 Å². The molecule has 0 radical (unpaired) electrons. The van der Waals surface area contributed by atoms with Gasteiger partial charge in [0.2, 0.25) is 0 Å². The molecule has 0 unspecified atom stereocenters. The monoisotopic (exact) mass is 279 g/mol. The van der Waals surface area contributed by atoms with Gasteiger partial charge in [0, 0.05) is 0 Å². The van der Waals surface area contributed by atoms with Crippen molar-refractivity contribution in [3.63, 3.8) is 0 Å². The number of nitrogen functional groups attached to an aromatic ring is 1. The number of fused-ring (bicyclic) bond motifs is 1. The number of benzene rings is 1. The number of nitrogens with zero attached hydrogens (tertiary/aromatic N) is 4. The van der Waals surface area contributed by atoms with Crippen LogP contribution < -0.4 is 5.73 Å². The lowest BCUT2D eigenvalue weighted by atomic mass is 10.3. The Morgan fingerprint density at radius 2 is 1.94 bits per heavy atom. The van der Waals surface area contributed by atoms with E-state index in [0.29, 0.717) is 26.9 Å². The standard InChI is InChI=1S/C11H7Cl2N5/c12-8-2-1-6(3-9(8)13)18-11-7(4-17-18)10(14)15-5-16-11/h1-5H,(H2,14,15,16). The number of anilines is 1. The van der Waals surface area contributed by atoms with Crippen LogP contribution in [0.25, 0.3) is 16.7 Å². The summed E-state index contributed by atoms with van der Waals surface area (Å²) in [6, 6.07) is 5.23. The number of halogens is 2. The fourth-order valence-electron chi connectivity index (χ4n) is 1.67. The molecule has 3 aromatic rings. The van der Waals surface area contributed by atoms with E-state index in [0.717, 1.165) is 5.69 Å². The summed E-state index contributed by atoms with van der Waals surface area (Å²) < 4.78 is 1.63. The van der Waals surface area contributed by atoms with Crippen LogP contribution in [0.4, 0.5) is 5.82 Å². The lowest BCUT2D eigenvalue weighted by molar-refractivity contribution is 0.895. The molecule has 0 aliphatic rings. The van der Waals surface area contributed by atoms with Gasteiger partial charge in [0.15, 0.2) is 5.65 Å². The zero-order valence-electron chi connectivity index (χ0n) is 9.01. The molecule has 2 N–H and O–H groups in total. The van der Waals surface area contributed by atoms with E-state index in [-0.39, 0.29) is 0 Å². The van der Waals surface area contributed by atoms with Gasteiger partial charge in [-0.2, -0.15) is 5.10 Å². The van der Waals surface area contributed by atoms with Gasteiger partial charge in [-0.1, -0.05) is 23.2 Å². The van der Waals surface area contributed by atoms with Gasteiger partial charge in [-0.05, 0) is 18.2 Å². The third-order valence-corrected chi connectivity index (χ3v) is 3.28. The molecule has 0 saturated heterocycles. The zero-order valence-corrected chi connectivity index (χ0v) is 10.5. The fraction of sp³-hybridized carbons (Fsp3) is 0. The van der Waals surface area contributed by atoms with Gasteiger partial charge in [0.25, 0.3) is 0 Å². The predicted octanol–water partition coefficient (Wildman–Crippen LogP) is 2.70. The van der Waals surface area contributed by atoms with E-state index in [2.05, 4.69) is 15.1 Å². The second-order valence-electron chi connectivity index (χ2n) is 3.65. The Kier molecular flexibility index (Phi) is 2.57. The smallest absolute Gasteiger partial charge is 0.168 e. The first kappa shape index (κ1) is 11.3. The van der Waals surface area contributed by atoms with E-state index in [1.165, 1.54) is 6.33 Å². The van der Waals surface area contributed by atoms with E-state index in [9.17, 15) is 0 Å². The van der Waals surface area contributed by atoms with Gasteiger partial charge >= 0.3 is 0 Å². The molecule has 0 amide bonds. The van der Waals surface area contributed by atoms with Crippen LogP contribution in [0.1, 0.15) is 0 Å². The molecular weight excluding hydrogens is 273 g/mol. The average Bonchev–Trinajstić information content (AvgIpc) is 2.78. The maximum atomic E-state index is 5.98. The number of hydrogen-bond donors (Lipinski definition) is 1. The van der Waals surface area contributed by atoms with E-state index < -0.39 is 0 Å². The molecule has 0 aliphatic carbocycles. The molecule has 2 aromatic heterocycles. The van der Waals surface area contributed by atoms with Crippen molar-refractivity contribution in [2.75, 3.05) is 5.73 Å². The molecule has 0 bridgehead atoms. The fourth-order valence-corrected chi connectivity index (χ4v) is 1.96. The molecule has 2 heterocycles. The Balaban J connectivity index is 2.25. The van der Waals surface area contributed by atoms with Crippen LogP contribution in [0.3, 0.4) is 0 Å². The minimum Gasteiger partial charge on any atom is -0.383 e. The normalized spacial score (nSPS) is 11.0. The topological polar surface area (TPSA) is 69.6 Å². The maximum absolute atomic E-state index is 5.98. The van der Waals surface area contributed by atoms with Crippen molar-refractivity contribution in [2.45, 2.75) is 0 Å². The van der Waals surface area contributed by atoms with Gasteiger partial charge in [0.05, 0.1) is 27.3 Å². The molecule has 0 fully saturated rings. The molecule has 0 spiro atoms. The summed E-state index contributed by atoms with van der Waals surface area (Å²) in [6.45, 7) is 0. The lowest BCUT2D eigenvalue weighted by Gasteiger charge is -2.04. The highest BCUT2D eigenvalue weighted by atomic mass is 35.5. The summed E-state index contributed by atoms with van der Waals surface area (Å²) in [6.07, 6.45) is 3.01. The van der Waals surface area contributed by atoms with Gasteiger partial charge in [0.1, 0.15) is 12.1 Å². The predicted molar refractivity (Wildman–Crippen MR) is 71.1 cm³/mol. The van der Waals surface area contributed by atoms with Crippen LogP contribution in [0, 0.1) is 0 Å². The van der Waals surface area contributed by atoms with Crippen LogP contribution in [0.15, 0.2) is 30.7 Å². The summed E-state index contributed by atoms with van der Waals surface area (Å²) in [7, 11) is 0. The Hall–Kier alpha value is -1.85. The molecule has 3 rings (SSSR count). The summed E-state index contributed by atoms with van der Waals surface area (Å²) in [5, 5.41) is 5.88. The summed E-state index contributed by atoms with van der Waals surface area (Å²) in [4.78, 5) is 8.08. The van der Waals surface area contributed by atoms with Crippen molar-refractivity contribution >= 4 is 40.1 Å². The molecular formula is C11H7Cl2N5. The second kappa shape index (κ2) is 4.12. The van der Waals surface area contributed by atoms with Gasteiger partial charge in [-0.3, -0.25) is 0 Å². The van der Waals surface area contributed by atoms with Crippen molar-refractivity contribution in [3.8, 4) is 5.69 Å². The van der Waals surface area contributed by atoms with E-state index >= 15 is 0 Å². The minimum absolute atomic E-state index is 0.395. The number of nitrogens with two attached hydrogens (primary N) is 1. The molecule has 0 atom stereocenters. The Morgan fingerprint density at radius 3 is 2.72 bits per heavy atom. The highest BCUT2D eigenvalue weighted by molar-refractivity contribution is 6.42. The number of hydrogen-bond acceptors (Lipinski definition) is 4. The largest absolute Gasteiger partial charge is 0.383 e. The summed E-state index contributed by atoms with van der Waals surface area (Å²) in [5.41, 5.74) is 7.14.